The molecule has 0 amide bonds. The van der Waals surface area contributed by atoms with Crippen LogP contribution in [0, 0.1) is 10.1 Å². The molecule has 1 unspecified atom stereocenters. The zero-order valence-electron chi connectivity index (χ0n) is 10.6. The van der Waals surface area contributed by atoms with Gasteiger partial charge in [-0.1, -0.05) is 6.07 Å². The van der Waals surface area contributed by atoms with Crippen LogP contribution in [0.25, 0.3) is 0 Å². The number of pyridine rings is 1. The summed E-state index contributed by atoms with van der Waals surface area (Å²) in [6.45, 7) is 1.82. The van der Waals surface area contributed by atoms with Gasteiger partial charge >= 0.3 is 5.69 Å². The minimum Gasteiger partial charge on any atom is -0.447 e. The van der Waals surface area contributed by atoms with Crippen LogP contribution in [0.1, 0.15) is 18.7 Å². The van der Waals surface area contributed by atoms with Crippen LogP contribution in [0.4, 0.5) is 5.69 Å². The number of rotatable bonds is 4. The molecule has 0 aliphatic rings. The summed E-state index contributed by atoms with van der Waals surface area (Å²) in [6, 6.07) is 7.85. The third kappa shape index (κ3) is 3.12. The Morgan fingerprint density at radius 1 is 1.40 bits per heavy atom. The van der Waals surface area contributed by atoms with Crippen molar-refractivity contribution in [3.05, 3.63) is 56.8 Å². The molecule has 7 heteroatoms. The number of nitro benzene ring substituents is 1. The van der Waals surface area contributed by atoms with E-state index in [1.54, 1.807) is 24.3 Å². The van der Waals surface area contributed by atoms with Crippen LogP contribution in [0.2, 0.25) is 0 Å². The number of ether oxygens (including phenoxy) is 1. The van der Waals surface area contributed by atoms with Crippen LogP contribution < -0.4 is 10.5 Å². The van der Waals surface area contributed by atoms with E-state index < -0.39 is 4.92 Å². The van der Waals surface area contributed by atoms with E-state index in [-0.39, 0.29) is 17.5 Å². The molecule has 0 aliphatic carbocycles. The van der Waals surface area contributed by atoms with Gasteiger partial charge in [-0.2, -0.15) is 0 Å². The van der Waals surface area contributed by atoms with Crippen molar-refractivity contribution in [3.63, 3.8) is 0 Å². The Hall–Kier alpha value is -1.99. The summed E-state index contributed by atoms with van der Waals surface area (Å²) in [6.07, 6.45) is 1.49. The Labute approximate surface area is 123 Å². The monoisotopic (exact) mass is 337 g/mol. The maximum absolute atomic E-state index is 11.0. The van der Waals surface area contributed by atoms with Crippen LogP contribution in [-0.4, -0.2) is 9.91 Å². The molecule has 1 heterocycles. The molecule has 0 radical (unpaired) electrons. The fourth-order valence-electron chi connectivity index (χ4n) is 1.58. The van der Waals surface area contributed by atoms with Crippen molar-refractivity contribution >= 4 is 21.6 Å². The third-order valence-corrected chi connectivity index (χ3v) is 3.21. The van der Waals surface area contributed by atoms with Crippen LogP contribution in [-0.2, 0) is 0 Å². The number of nitrogens with two attached hydrogens (primary N) is 1. The van der Waals surface area contributed by atoms with Crippen molar-refractivity contribution in [2.75, 3.05) is 0 Å². The first-order chi connectivity index (χ1) is 9.49. The number of benzene rings is 1. The lowest BCUT2D eigenvalue weighted by Crippen LogP contribution is -2.06. The fraction of sp³-hybridized carbons (Fsp3) is 0.154. The Morgan fingerprint density at radius 3 is 2.70 bits per heavy atom. The highest BCUT2D eigenvalue weighted by Gasteiger charge is 2.18. The van der Waals surface area contributed by atoms with Crippen molar-refractivity contribution in [1.82, 2.24) is 4.98 Å². The first kappa shape index (κ1) is 14.4. The largest absolute Gasteiger partial charge is 0.447 e. The molecule has 20 heavy (non-hydrogen) atoms. The summed E-state index contributed by atoms with van der Waals surface area (Å²) in [5, 5.41) is 11.0. The molecule has 0 saturated heterocycles. The van der Waals surface area contributed by atoms with E-state index >= 15 is 0 Å². The minimum absolute atomic E-state index is 0.115. The van der Waals surface area contributed by atoms with Gasteiger partial charge in [-0.25, -0.2) is 0 Å². The van der Waals surface area contributed by atoms with Gasteiger partial charge in [0.25, 0.3) is 0 Å². The highest BCUT2D eigenvalue weighted by molar-refractivity contribution is 9.10. The maximum atomic E-state index is 11.0. The van der Waals surface area contributed by atoms with E-state index in [1.807, 2.05) is 6.92 Å². The predicted molar refractivity (Wildman–Crippen MR) is 77.7 cm³/mol. The molecule has 2 rings (SSSR count). The van der Waals surface area contributed by atoms with Gasteiger partial charge in [0.2, 0.25) is 5.75 Å². The lowest BCUT2D eigenvalue weighted by atomic mass is 10.2. The summed E-state index contributed by atoms with van der Waals surface area (Å²) in [4.78, 5) is 14.6. The van der Waals surface area contributed by atoms with Gasteiger partial charge in [-0.15, -0.1) is 0 Å². The molecule has 1 atom stereocenters. The Balaban J connectivity index is 2.32. The first-order valence-corrected chi connectivity index (χ1v) is 6.60. The first-order valence-electron chi connectivity index (χ1n) is 5.81. The Bertz CT molecular complexity index is 629. The lowest BCUT2D eigenvalue weighted by Gasteiger charge is -2.09. The molecule has 2 N–H and O–H groups in total. The van der Waals surface area contributed by atoms with Gasteiger partial charge < -0.3 is 10.5 Å². The second kappa shape index (κ2) is 5.98. The van der Waals surface area contributed by atoms with Gasteiger partial charge in [0.1, 0.15) is 5.75 Å². The average molecular weight is 338 g/mol. The van der Waals surface area contributed by atoms with Gasteiger partial charge in [-0.05, 0) is 41.1 Å². The number of nitrogens with zero attached hydrogens (tertiary/aromatic N) is 2. The molecule has 6 nitrogen and oxygen atoms in total. The SMILES string of the molecule is CC(N)c1ccc(Oc2c(Br)cccc2[N+](=O)[O-])cn1. The van der Waals surface area contributed by atoms with Crippen molar-refractivity contribution in [3.8, 4) is 11.5 Å². The lowest BCUT2D eigenvalue weighted by molar-refractivity contribution is -0.385. The van der Waals surface area contributed by atoms with Crippen molar-refractivity contribution < 1.29 is 9.66 Å². The Kier molecular flexibility index (Phi) is 4.31. The van der Waals surface area contributed by atoms with Crippen molar-refractivity contribution in [2.24, 2.45) is 5.73 Å². The molecule has 0 fully saturated rings. The number of halogens is 1. The molecule has 0 bridgehead atoms. The van der Waals surface area contributed by atoms with Gasteiger partial charge in [-0.3, -0.25) is 15.1 Å². The molecular formula is C13H12BrN3O3. The van der Waals surface area contributed by atoms with Crippen LogP contribution >= 0.6 is 15.9 Å². The van der Waals surface area contributed by atoms with Gasteiger partial charge in [0.05, 0.1) is 21.3 Å². The van der Waals surface area contributed by atoms with Crippen LogP contribution in [0.15, 0.2) is 41.0 Å². The van der Waals surface area contributed by atoms with Crippen molar-refractivity contribution in [2.45, 2.75) is 13.0 Å². The fourth-order valence-corrected chi connectivity index (χ4v) is 2.02. The molecule has 0 aliphatic heterocycles. The highest BCUT2D eigenvalue weighted by Crippen LogP contribution is 2.37. The topological polar surface area (TPSA) is 91.3 Å². The Morgan fingerprint density at radius 2 is 2.15 bits per heavy atom. The van der Waals surface area contributed by atoms with E-state index in [1.165, 1.54) is 12.3 Å². The quantitative estimate of drug-likeness (QED) is 0.680. The van der Waals surface area contributed by atoms with E-state index in [9.17, 15) is 10.1 Å². The number of hydrogen-bond donors (Lipinski definition) is 1. The van der Waals surface area contributed by atoms with Crippen molar-refractivity contribution in [1.29, 1.82) is 0 Å². The number of hydrogen-bond acceptors (Lipinski definition) is 5. The maximum Gasteiger partial charge on any atom is 0.312 e. The normalized spacial score (nSPS) is 11.9. The summed E-state index contributed by atoms with van der Waals surface area (Å²) in [5.74, 6) is 0.553. The molecular weight excluding hydrogens is 326 g/mol. The third-order valence-electron chi connectivity index (χ3n) is 2.59. The molecule has 1 aromatic heterocycles. The zero-order chi connectivity index (χ0) is 14.7. The molecule has 1 aromatic carbocycles. The summed E-state index contributed by atoms with van der Waals surface area (Å²) in [5.41, 5.74) is 6.31. The number of para-hydroxylation sites is 1. The predicted octanol–water partition coefficient (Wildman–Crippen LogP) is 3.56. The molecule has 2 aromatic rings. The number of nitro groups is 1. The second-order valence-electron chi connectivity index (χ2n) is 4.15. The second-order valence-corrected chi connectivity index (χ2v) is 5.01. The standard InChI is InChI=1S/C13H12BrN3O3/c1-8(15)11-6-5-9(7-16-11)20-13-10(14)3-2-4-12(13)17(18)19/h2-8H,15H2,1H3. The van der Waals surface area contributed by atoms with E-state index in [0.29, 0.717) is 10.2 Å². The van der Waals surface area contributed by atoms with Crippen LogP contribution in [0.3, 0.4) is 0 Å². The zero-order valence-corrected chi connectivity index (χ0v) is 12.2. The molecule has 0 saturated carbocycles. The summed E-state index contributed by atoms with van der Waals surface area (Å²) < 4.78 is 6.05. The highest BCUT2D eigenvalue weighted by atomic mass is 79.9. The van der Waals surface area contributed by atoms with Gasteiger partial charge in [0.15, 0.2) is 0 Å². The van der Waals surface area contributed by atoms with E-state index in [4.69, 9.17) is 10.5 Å². The van der Waals surface area contributed by atoms with E-state index in [0.717, 1.165) is 5.69 Å². The molecule has 104 valence electrons. The smallest absolute Gasteiger partial charge is 0.312 e. The summed E-state index contributed by atoms with van der Waals surface area (Å²) >= 11 is 3.24. The van der Waals surface area contributed by atoms with Gasteiger partial charge in [0, 0.05) is 12.1 Å². The van der Waals surface area contributed by atoms with Crippen LogP contribution in [0.5, 0.6) is 11.5 Å². The summed E-state index contributed by atoms with van der Waals surface area (Å²) in [7, 11) is 0. The average Bonchev–Trinajstić information content (AvgIpc) is 2.41. The van der Waals surface area contributed by atoms with E-state index in [2.05, 4.69) is 20.9 Å². The minimum atomic E-state index is -0.496. The molecule has 0 spiro atoms. The number of aromatic nitrogens is 1.